The SMILES string of the molecule is C=C[C@@H]1O[C@@H]2C3=C(C)[C@@H](OC(=O)[C@](C)(O)[C@H](CC)NC(=O)c4ccccc4)C[C@@](O)([C@@H](OC(=O)c4ccccc4)[C@H]4[C@@](C)(CC[C@H]5OC[C@]54OC(C)=O)[C@@H]2O1)C3(C)C. The zero-order valence-corrected chi connectivity index (χ0v) is 34.2. The second kappa shape index (κ2) is 15.0. The molecule has 0 radical (unpaired) electrons. The van der Waals surface area contributed by atoms with Crippen molar-refractivity contribution in [1.29, 1.82) is 0 Å². The smallest absolute Gasteiger partial charge is 0.340 e. The molecule has 12 atom stereocenters. The van der Waals surface area contributed by atoms with E-state index in [4.69, 9.17) is 28.4 Å². The van der Waals surface area contributed by atoms with Gasteiger partial charge in [0.05, 0.1) is 30.2 Å². The van der Waals surface area contributed by atoms with Crippen LogP contribution < -0.4 is 5.32 Å². The first kappa shape index (κ1) is 41.7. The molecule has 0 unspecified atom stereocenters. The van der Waals surface area contributed by atoms with Gasteiger partial charge in [-0.3, -0.25) is 9.59 Å². The van der Waals surface area contributed by atoms with E-state index < -0.39 is 100 Å². The number of ether oxygens (including phenoxy) is 6. The van der Waals surface area contributed by atoms with E-state index in [1.54, 1.807) is 74.5 Å². The van der Waals surface area contributed by atoms with Crippen molar-refractivity contribution >= 4 is 23.8 Å². The lowest BCUT2D eigenvalue weighted by molar-refractivity contribution is -0.345. The van der Waals surface area contributed by atoms with Crippen molar-refractivity contribution in [1.82, 2.24) is 5.32 Å². The maximum atomic E-state index is 14.3. The Labute approximate surface area is 339 Å². The summed E-state index contributed by atoms with van der Waals surface area (Å²) in [5.74, 6) is -3.72. The van der Waals surface area contributed by atoms with Gasteiger partial charge in [-0.2, -0.15) is 0 Å². The van der Waals surface area contributed by atoms with Gasteiger partial charge < -0.3 is 44.0 Å². The van der Waals surface area contributed by atoms with Gasteiger partial charge >= 0.3 is 17.9 Å². The fourth-order valence-corrected chi connectivity index (χ4v) is 10.6. The Morgan fingerprint density at radius 3 is 2.22 bits per heavy atom. The number of nitrogens with one attached hydrogen (secondary N) is 1. The molecule has 0 spiro atoms. The fraction of sp³-hybridized carbons (Fsp3) is 0.556. The molecule has 13 heteroatoms. The summed E-state index contributed by atoms with van der Waals surface area (Å²) in [7, 11) is 0. The van der Waals surface area contributed by atoms with Crippen LogP contribution in [0.15, 0.2) is 84.5 Å². The molecule has 2 bridgehead atoms. The largest absolute Gasteiger partial charge is 0.456 e. The van der Waals surface area contributed by atoms with Crippen LogP contribution in [0.1, 0.15) is 94.9 Å². The first-order chi connectivity index (χ1) is 27.4. The summed E-state index contributed by atoms with van der Waals surface area (Å²) in [5.41, 5.74) is -6.10. The molecule has 13 nitrogen and oxygen atoms in total. The van der Waals surface area contributed by atoms with Gasteiger partial charge in [0.15, 0.2) is 17.5 Å². The van der Waals surface area contributed by atoms with Crippen molar-refractivity contribution < 1.29 is 57.8 Å². The number of carbonyl (C=O) groups is 4. The third-order valence-electron chi connectivity index (χ3n) is 13.8. The van der Waals surface area contributed by atoms with Gasteiger partial charge in [0.1, 0.15) is 30.0 Å². The highest BCUT2D eigenvalue weighted by atomic mass is 16.7. The summed E-state index contributed by atoms with van der Waals surface area (Å²) < 4.78 is 38.6. The number of aliphatic hydroxyl groups is 2. The third kappa shape index (κ3) is 6.50. The van der Waals surface area contributed by atoms with Crippen LogP contribution in [0, 0.1) is 16.7 Å². The molecule has 7 rings (SSSR count). The Kier molecular flexibility index (Phi) is 10.8. The van der Waals surface area contributed by atoms with Crippen molar-refractivity contribution in [3.8, 4) is 0 Å². The summed E-state index contributed by atoms with van der Waals surface area (Å²) in [6.45, 7) is 15.7. The monoisotopic (exact) mass is 801 g/mol. The normalized spacial score (nSPS) is 36.1. The van der Waals surface area contributed by atoms with Gasteiger partial charge in [-0.1, -0.05) is 70.7 Å². The summed E-state index contributed by atoms with van der Waals surface area (Å²) >= 11 is 0. The minimum absolute atomic E-state index is 0.0212. The van der Waals surface area contributed by atoms with E-state index in [1.807, 2.05) is 20.8 Å². The van der Waals surface area contributed by atoms with Crippen molar-refractivity contribution in [3.05, 3.63) is 95.6 Å². The molecule has 2 saturated heterocycles. The molecule has 2 aliphatic heterocycles. The van der Waals surface area contributed by atoms with Crippen LogP contribution in [0.3, 0.4) is 0 Å². The van der Waals surface area contributed by atoms with Crippen LogP contribution in [0.4, 0.5) is 0 Å². The maximum Gasteiger partial charge on any atom is 0.340 e. The van der Waals surface area contributed by atoms with Crippen molar-refractivity contribution in [2.24, 2.45) is 16.7 Å². The van der Waals surface area contributed by atoms with Gasteiger partial charge in [0.25, 0.3) is 5.91 Å². The summed E-state index contributed by atoms with van der Waals surface area (Å²) in [4.78, 5) is 54.8. The molecule has 312 valence electrons. The molecule has 5 aliphatic rings. The topological polar surface area (TPSA) is 176 Å². The fourth-order valence-electron chi connectivity index (χ4n) is 10.6. The average molecular weight is 802 g/mol. The second-order valence-electron chi connectivity index (χ2n) is 17.5. The lowest BCUT2D eigenvalue weighted by Gasteiger charge is -2.68. The molecule has 4 fully saturated rings. The molecule has 2 heterocycles. The van der Waals surface area contributed by atoms with E-state index >= 15 is 0 Å². The summed E-state index contributed by atoms with van der Waals surface area (Å²) in [6, 6.07) is 15.8. The first-order valence-electron chi connectivity index (χ1n) is 20.1. The van der Waals surface area contributed by atoms with Gasteiger partial charge in [-0.15, -0.1) is 0 Å². The van der Waals surface area contributed by atoms with E-state index in [1.165, 1.54) is 19.9 Å². The highest BCUT2D eigenvalue weighted by Crippen LogP contribution is 2.66. The number of hydrogen-bond donors (Lipinski definition) is 3. The van der Waals surface area contributed by atoms with E-state index in [-0.39, 0.29) is 25.0 Å². The highest BCUT2D eigenvalue weighted by molar-refractivity contribution is 5.95. The van der Waals surface area contributed by atoms with Crippen LogP contribution in [0.5, 0.6) is 0 Å². The van der Waals surface area contributed by atoms with Crippen LogP contribution >= 0.6 is 0 Å². The zero-order chi connectivity index (χ0) is 42.0. The number of amides is 1. The van der Waals surface area contributed by atoms with Gasteiger partial charge in [-0.05, 0) is 74.6 Å². The van der Waals surface area contributed by atoms with Gasteiger partial charge in [0.2, 0.25) is 0 Å². The standard InChI is InChI=1S/C45H55NO12/c1-9-30(46-38(48)27-17-13-11-14-18-27)43(8,51)40(50)54-29-23-45(52)37(57-39(49)28-19-15-12-16-20-28)35-42(7,22-21-31-44(35,24-53-31)58-26(4)47)36-34(55-32(10-2)56-36)33(25(29)3)41(45,5)6/h10-20,29-32,34-37,51-52H,2,9,21-24H2,1,3-8H3,(H,46,48)/t29-,30-,31+,32+,34+,35-,36+,37-,42+,43+,44-,45+/m0/s1. The molecule has 0 aromatic heterocycles. The molecular weight excluding hydrogens is 746 g/mol. The molecule has 2 aromatic rings. The molecule has 3 aliphatic carbocycles. The molecule has 2 aromatic carbocycles. The number of rotatable bonds is 10. The summed E-state index contributed by atoms with van der Waals surface area (Å²) in [5, 5.41) is 28.4. The maximum absolute atomic E-state index is 14.3. The van der Waals surface area contributed by atoms with E-state index in [0.29, 0.717) is 29.6 Å². The van der Waals surface area contributed by atoms with Crippen LogP contribution in [0.2, 0.25) is 0 Å². The Morgan fingerprint density at radius 2 is 1.66 bits per heavy atom. The van der Waals surface area contributed by atoms with Crippen LogP contribution in [0.25, 0.3) is 0 Å². The number of hydrogen-bond acceptors (Lipinski definition) is 12. The first-order valence-corrected chi connectivity index (χ1v) is 20.1. The second-order valence-corrected chi connectivity index (χ2v) is 17.5. The van der Waals surface area contributed by atoms with E-state index in [9.17, 15) is 29.4 Å². The number of fused-ring (bicyclic) bond motifs is 8. The third-order valence-corrected chi connectivity index (χ3v) is 13.8. The van der Waals surface area contributed by atoms with Crippen LogP contribution in [-0.2, 0) is 38.0 Å². The lowest BCUT2D eigenvalue weighted by atomic mass is 9.45. The van der Waals surface area contributed by atoms with E-state index in [2.05, 4.69) is 11.9 Å². The predicted octanol–water partition coefficient (Wildman–Crippen LogP) is 4.99. The number of benzene rings is 2. The molecule has 2 saturated carbocycles. The molecule has 3 N–H and O–H groups in total. The minimum atomic E-state index is -2.22. The minimum Gasteiger partial charge on any atom is -0.456 e. The number of carbonyl (C=O) groups excluding carboxylic acids is 4. The van der Waals surface area contributed by atoms with Crippen molar-refractivity contribution in [3.63, 3.8) is 0 Å². The Hall–Kier alpha value is -4.40. The zero-order valence-electron chi connectivity index (χ0n) is 34.2. The molecule has 58 heavy (non-hydrogen) atoms. The Balaban J connectivity index is 1.37. The Morgan fingerprint density at radius 1 is 1.02 bits per heavy atom. The van der Waals surface area contributed by atoms with E-state index in [0.717, 1.165) is 0 Å². The quantitative estimate of drug-likeness (QED) is 0.167. The number of esters is 3. The van der Waals surface area contributed by atoms with Gasteiger partial charge in [-0.25, -0.2) is 9.59 Å². The summed E-state index contributed by atoms with van der Waals surface area (Å²) in [6.07, 6.45) is -3.23. The predicted molar refractivity (Wildman–Crippen MR) is 209 cm³/mol. The van der Waals surface area contributed by atoms with Crippen LogP contribution in [-0.4, -0.2) is 100 Å². The highest BCUT2D eigenvalue weighted by Gasteiger charge is 2.77. The van der Waals surface area contributed by atoms with Gasteiger partial charge in [0, 0.05) is 29.7 Å². The Bertz CT molecular complexity index is 1980. The van der Waals surface area contributed by atoms with Crippen molar-refractivity contribution in [2.75, 3.05) is 6.61 Å². The lowest BCUT2D eigenvalue weighted by Crippen LogP contribution is -2.79. The molecule has 1 amide bonds. The molecular formula is C45H55NO12. The van der Waals surface area contributed by atoms with Crippen molar-refractivity contribution in [2.45, 2.75) is 134 Å². The average Bonchev–Trinajstić information content (AvgIpc) is 3.62.